The van der Waals surface area contributed by atoms with Crippen molar-refractivity contribution in [3.63, 3.8) is 0 Å². The van der Waals surface area contributed by atoms with Crippen LogP contribution in [-0.4, -0.2) is 8.07 Å². The average Bonchev–Trinajstić information content (AvgIpc) is 3.57. The number of halogens is 2. The minimum absolute atomic E-state index is 0. The van der Waals surface area contributed by atoms with Crippen LogP contribution >= 0.6 is 17.0 Å². The van der Waals surface area contributed by atoms with Crippen molar-refractivity contribution in [3.8, 4) is 0 Å². The molecule has 216 valence electrons. The summed E-state index contributed by atoms with van der Waals surface area (Å²) in [6, 6.07) is 0. The van der Waals surface area contributed by atoms with Crippen LogP contribution in [0, 0.1) is 68.1 Å². The van der Waals surface area contributed by atoms with Gasteiger partial charge in [0.05, 0.1) is 8.07 Å². The van der Waals surface area contributed by atoms with Gasteiger partial charge >= 0.3 is 37.9 Å². The molecule has 5 fully saturated rings. The molecule has 5 aliphatic carbocycles. The van der Waals surface area contributed by atoms with Crippen LogP contribution in [0.15, 0.2) is 0 Å². The van der Waals surface area contributed by atoms with Gasteiger partial charge in [0, 0.05) is 0 Å². The molecule has 5 rings (SSSR count). The second-order valence-electron chi connectivity index (χ2n) is 14.3. The van der Waals surface area contributed by atoms with E-state index >= 15 is 0 Å². The second kappa shape index (κ2) is 15.8. The standard InChI is InChI=1S/C31H56Si.2CH3.2ClH.Zr/c1-6-21(7-2)16-25-20-31(29-18-24-13-11-12-23(24)17-28(25)29)32(4,5)30-19-22(8-3)26-14-9-10-15-27(26)30;;;;;/h21-31H,6-20H2,1-5H3;2*1H3;2*1H;/q;2*-1;;;+4/p-2. The summed E-state index contributed by atoms with van der Waals surface area (Å²) in [7, 11) is 8.60. The van der Waals surface area contributed by atoms with Crippen molar-refractivity contribution in [3.05, 3.63) is 14.9 Å². The maximum absolute atomic E-state index is 4.93. The van der Waals surface area contributed by atoms with Crippen LogP contribution in [0.3, 0.4) is 0 Å². The first kappa shape index (κ1) is 34.9. The maximum atomic E-state index is 4.93. The van der Waals surface area contributed by atoms with Crippen molar-refractivity contribution in [2.45, 2.75) is 141 Å². The van der Waals surface area contributed by atoms with Gasteiger partial charge in [-0.25, -0.2) is 0 Å². The normalized spacial score (nSPS) is 40.3. The third kappa shape index (κ3) is 7.37. The van der Waals surface area contributed by atoms with Crippen LogP contribution in [0.25, 0.3) is 0 Å². The van der Waals surface area contributed by atoms with E-state index in [0.29, 0.717) is 0 Å². The van der Waals surface area contributed by atoms with Crippen molar-refractivity contribution in [2.75, 3.05) is 0 Å². The van der Waals surface area contributed by atoms with Gasteiger partial charge in [0.2, 0.25) is 0 Å². The van der Waals surface area contributed by atoms with Crippen LogP contribution in [0.2, 0.25) is 24.2 Å². The Balaban J connectivity index is 0.000000919. The molecule has 5 saturated carbocycles. The van der Waals surface area contributed by atoms with Crippen LogP contribution in [0.5, 0.6) is 0 Å². The zero-order chi connectivity index (χ0) is 25.2. The van der Waals surface area contributed by atoms with Crippen molar-refractivity contribution in [1.82, 2.24) is 0 Å². The molecule has 10 atom stereocenters. The molecule has 37 heavy (non-hydrogen) atoms. The quantitative estimate of drug-likeness (QED) is 0.190. The van der Waals surface area contributed by atoms with E-state index in [1.807, 2.05) is 0 Å². The van der Waals surface area contributed by atoms with Gasteiger partial charge in [-0.3, -0.25) is 0 Å². The summed E-state index contributed by atoms with van der Waals surface area (Å²) >= 11 is -0.826. The molecule has 0 bridgehead atoms. The second-order valence-corrected chi connectivity index (χ2v) is 23.1. The Kier molecular flexibility index (Phi) is 14.9. The van der Waals surface area contributed by atoms with Gasteiger partial charge in [0.25, 0.3) is 0 Å². The number of hydrogen-bond acceptors (Lipinski definition) is 0. The van der Waals surface area contributed by atoms with Crippen molar-refractivity contribution >= 4 is 25.1 Å². The molecule has 0 aliphatic heterocycles. The molecule has 0 aromatic rings. The van der Waals surface area contributed by atoms with E-state index in [1.165, 1.54) is 19.3 Å². The van der Waals surface area contributed by atoms with Gasteiger partial charge < -0.3 is 14.9 Å². The van der Waals surface area contributed by atoms with Crippen LogP contribution in [0.1, 0.15) is 117 Å². The van der Waals surface area contributed by atoms with Gasteiger partial charge in [-0.1, -0.05) is 91.7 Å². The van der Waals surface area contributed by atoms with Gasteiger partial charge in [-0.15, -0.1) is 0 Å². The molecule has 5 aliphatic rings. The molecule has 0 aromatic heterocycles. The van der Waals surface area contributed by atoms with E-state index in [1.54, 1.807) is 77.0 Å². The molecule has 0 amide bonds. The predicted octanol–water partition coefficient (Wildman–Crippen LogP) is 12.2. The van der Waals surface area contributed by atoms with E-state index in [4.69, 9.17) is 17.0 Å². The van der Waals surface area contributed by atoms with Gasteiger partial charge in [0.15, 0.2) is 0 Å². The summed E-state index contributed by atoms with van der Waals surface area (Å²) in [5.74, 6) is 9.95. The Bertz CT molecular complexity index is 652. The molecular weight excluding hydrogens is 587 g/mol. The molecule has 4 heteroatoms. The fraction of sp³-hybridized carbons (Fsp3) is 0.939. The summed E-state index contributed by atoms with van der Waals surface area (Å²) in [4.78, 5) is 0. The summed E-state index contributed by atoms with van der Waals surface area (Å²) in [5.41, 5.74) is 2.33. The summed E-state index contributed by atoms with van der Waals surface area (Å²) < 4.78 is 0. The number of rotatable bonds is 7. The predicted molar refractivity (Wildman–Crippen MR) is 167 cm³/mol. The van der Waals surface area contributed by atoms with Crippen LogP contribution in [0.4, 0.5) is 0 Å². The number of fused-ring (bicyclic) bond motifs is 3. The molecule has 0 N–H and O–H groups in total. The first-order valence-electron chi connectivity index (χ1n) is 15.9. The van der Waals surface area contributed by atoms with Crippen LogP contribution in [-0.2, 0) is 20.8 Å². The van der Waals surface area contributed by atoms with E-state index in [9.17, 15) is 0 Å². The minimum atomic E-state index is -1.27. The topological polar surface area (TPSA) is 0 Å². The van der Waals surface area contributed by atoms with E-state index in [2.05, 4.69) is 33.9 Å². The van der Waals surface area contributed by atoms with E-state index < -0.39 is 28.9 Å². The molecule has 0 radical (unpaired) electrons. The van der Waals surface area contributed by atoms with Gasteiger partial charge in [-0.2, -0.15) is 0 Å². The van der Waals surface area contributed by atoms with Gasteiger partial charge in [0.1, 0.15) is 0 Å². The zero-order valence-corrected chi connectivity index (χ0v) is 30.7. The Morgan fingerprint density at radius 3 is 1.76 bits per heavy atom. The number of hydrogen-bond donors (Lipinski definition) is 0. The fourth-order valence-electron chi connectivity index (χ4n) is 11.2. The van der Waals surface area contributed by atoms with E-state index in [-0.39, 0.29) is 14.9 Å². The Hall–Kier alpha value is 1.68. The third-order valence-electron chi connectivity index (χ3n) is 13.0. The third-order valence-corrected chi connectivity index (χ3v) is 18.1. The van der Waals surface area contributed by atoms with Crippen molar-refractivity contribution in [1.29, 1.82) is 0 Å². The first-order chi connectivity index (χ1) is 16.9. The molecule has 0 aromatic carbocycles. The Morgan fingerprint density at radius 1 is 0.676 bits per heavy atom. The van der Waals surface area contributed by atoms with Crippen LogP contribution < -0.4 is 0 Å². The Labute approximate surface area is 253 Å². The monoisotopic (exact) mass is 646 g/mol. The fourth-order valence-corrected chi connectivity index (χ4v) is 16.6. The molecule has 0 nitrogen and oxygen atoms in total. The molecular formula is C33H62Cl2SiZr. The summed E-state index contributed by atoms with van der Waals surface area (Å²) in [5, 5.41) is 0. The van der Waals surface area contributed by atoms with Gasteiger partial charge in [-0.05, 0) is 103 Å². The SMILES string of the molecule is CCC(CC)CC1CC([Si](C)(C)C2CC(CC)C3CCCCC32)C2CC3CCCC3CC12.[CH3-].[CH3-].[Cl][Zr+2][Cl]. The molecule has 0 heterocycles. The Morgan fingerprint density at radius 2 is 1.19 bits per heavy atom. The average molecular weight is 649 g/mol. The molecule has 10 unspecified atom stereocenters. The molecule has 0 spiro atoms. The molecule has 0 saturated heterocycles. The van der Waals surface area contributed by atoms with E-state index in [0.717, 1.165) is 64.3 Å². The summed E-state index contributed by atoms with van der Waals surface area (Å²) in [6.07, 6.45) is 23.5. The summed E-state index contributed by atoms with van der Waals surface area (Å²) in [6.45, 7) is 13.3. The zero-order valence-electron chi connectivity index (χ0n) is 25.7. The van der Waals surface area contributed by atoms with Crippen molar-refractivity contribution < 1.29 is 20.8 Å². The van der Waals surface area contributed by atoms with Crippen molar-refractivity contribution in [2.24, 2.45) is 53.3 Å². The first-order valence-corrected chi connectivity index (χ1v) is 25.3.